The first kappa shape index (κ1) is 20.6. The first-order valence-corrected chi connectivity index (χ1v) is 10.1. The molecule has 0 fully saturated rings. The van der Waals surface area contributed by atoms with Crippen LogP contribution in [0.15, 0.2) is 41.1 Å². The fraction of sp³-hybridized carbons (Fsp3) is 0.304. The van der Waals surface area contributed by atoms with E-state index in [1.54, 1.807) is 17.9 Å². The number of nitrogens with one attached hydrogen (secondary N) is 1. The predicted octanol–water partition coefficient (Wildman–Crippen LogP) is 3.61. The molecule has 31 heavy (non-hydrogen) atoms. The Hall–Kier alpha value is -3.68. The molecule has 160 valence electrons. The zero-order valence-corrected chi connectivity index (χ0v) is 18.3. The number of ether oxygens (including phenoxy) is 1. The lowest BCUT2D eigenvalue weighted by molar-refractivity contribution is 0.0941. The molecule has 0 aliphatic carbocycles. The molecule has 4 rings (SSSR count). The van der Waals surface area contributed by atoms with Crippen molar-refractivity contribution in [2.75, 3.05) is 7.11 Å². The van der Waals surface area contributed by atoms with E-state index in [1.165, 1.54) is 0 Å². The van der Waals surface area contributed by atoms with E-state index in [0.29, 0.717) is 34.5 Å². The monoisotopic (exact) mass is 419 g/mol. The van der Waals surface area contributed by atoms with E-state index >= 15 is 0 Å². The second-order valence-electron chi connectivity index (χ2n) is 7.74. The quantitative estimate of drug-likeness (QED) is 0.513. The van der Waals surface area contributed by atoms with Gasteiger partial charge in [-0.25, -0.2) is 4.98 Å². The molecule has 0 bridgehead atoms. The summed E-state index contributed by atoms with van der Waals surface area (Å²) in [6, 6.07) is 9.13. The number of carbonyl (C=O) groups is 1. The number of aryl methyl sites for hydroxylation is 3. The summed E-state index contributed by atoms with van der Waals surface area (Å²) < 4.78 is 12.5. The maximum absolute atomic E-state index is 13.2. The molecule has 0 spiro atoms. The normalized spacial score (nSPS) is 12.2. The van der Waals surface area contributed by atoms with Crippen LogP contribution < -0.4 is 10.1 Å². The molecule has 1 atom stereocenters. The lowest BCUT2D eigenvalue weighted by atomic mass is 10.0. The minimum Gasteiger partial charge on any atom is -0.497 e. The molecule has 0 saturated carbocycles. The standard InChI is InChI=1S/C23H25N5O3/c1-13(10-17-12-28(4)26-15(17)3)24-22(29)19-11-14(2)25-23-20(19)21(27-31-23)16-6-8-18(30-5)9-7-16/h6-9,11-13H,10H2,1-5H3,(H,24,29)/t13-/m0/s1. The summed E-state index contributed by atoms with van der Waals surface area (Å²) in [7, 11) is 3.51. The van der Waals surface area contributed by atoms with Gasteiger partial charge in [-0.2, -0.15) is 5.10 Å². The molecule has 1 amide bonds. The zero-order valence-electron chi connectivity index (χ0n) is 18.3. The maximum Gasteiger partial charge on any atom is 0.259 e. The van der Waals surface area contributed by atoms with Gasteiger partial charge in [0.25, 0.3) is 11.6 Å². The van der Waals surface area contributed by atoms with Crippen molar-refractivity contribution in [3.63, 3.8) is 0 Å². The van der Waals surface area contributed by atoms with E-state index in [1.807, 2.05) is 58.3 Å². The van der Waals surface area contributed by atoms with Gasteiger partial charge in [-0.3, -0.25) is 9.48 Å². The van der Waals surface area contributed by atoms with Crippen molar-refractivity contribution in [2.45, 2.75) is 33.2 Å². The topological polar surface area (TPSA) is 95.1 Å². The van der Waals surface area contributed by atoms with Gasteiger partial charge in [0.2, 0.25) is 0 Å². The largest absolute Gasteiger partial charge is 0.497 e. The highest BCUT2D eigenvalue weighted by Crippen LogP contribution is 2.31. The fourth-order valence-corrected chi connectivity index (χ4v) is 3.73. The van der Waals surface area contributed by atoms with Gasteiger partial charge >= 0.3 is 0 Å². The number of pyridine rings is 1. The van der Waals surface area contributed by atoms with Crippen molar-refractivity contribution in [3.8, 4) is 17.0 Å². The molecular weight excluding hydrogens is 394 g/mol. The summed E-state index contributed by atoms with van der Waals surface area (Å²) in [6.45, 7) is 5.78. The van der Waals surface area contributed by atoms with Gasteiger partial charge in [0.05, 0.1) is 23.8 Å². The van der Waals surface area contributed by atoms with Gasteiger partial charge < -0.3 is 14.6 Å². The zero-order chi connectivity index (χ0) is 22.1. The van der Waals surface area contributed by atoms with Crippen molar-refractivity contribution in [2.24, 2.45) is 7.05 Å². The Morgan fingerprint density at radius 3 is 2.65 bits per heavy atom. The summed E-state index contributed by atoms with van der Waals surface area (Å²) in [5.41, 5.74) is 4.98. The van der Waals surface area contributed by atoms with Gasteiger partial charge in [0.15, 0.2) is 0 Å². The van der Waals surface area contributed by atoms with Crippen molar-refractivity contribution in [3.05, 3.63) is 59.0 Å². The molecule has 0 radical (unpaired) electrons. The van der Waals surface area contributed by atoms with Gasteiger partial charge in [-0.05, 0) is 63.1 Å². The average Bonchev–Trinajstić information content (AvgIpc) is 3.29. The van der Waals surface area contributed by atoms with Crippen LogP contribution in [0.2, 0.25) is 0 Å². The van der Waals surface area contributed by atoms with E-state index in [0.717, 1.165) is 22.6 Å². The third-order valence-corrected chi connectivity index (χ3v) is 5.20. The number of aromatic nitrogens is 4. The Morgan fingerprint density at radius 1 is 1.26 bits per heavy atom. The van der Waals surface area contributed by atoms with Crippen LogP contribution in [0.3, 0.4) is 0 Å². The number of fused-ring (bicyclic) bond motifs is 1. The average molecular weight is 419 g/mol. The summed E-state index contributed by atoms with van der Waals surface area (Å²) in [5, 5.41) is 12.3. The van der Waals surface area contributed by atoms with Crippen LogP contribution >= 0.6 is 0 Å². The highest BCUT2D eigenvalue weighted by Gasteiger charge is 2.22. The Bertz CT molecular complexity index is 1240. The molecule has 4 aromatic rings. The Morgan fingerprint density at radius 2 is 2.00 bits per heavy atom. The lowest BCUT2D eigenvalue weighted by Gasteiger charge is -2.14. The first-order chi connectivity index (χ1) is 14.9. The number of hydrogen-bond acceptors (Lipinski definition) is 6. The van der Waals surface area contributed by atoms with Crippen molar-refractivity contribution in [1.29, 1.82) is 0 Å². The van der Waals surface area contributed by atoms with E-state index < -0.39 is 0 Å². The van der Waals surface area contributed by atoms with E-state index in [4.69, 9.17) is 9.26 Å². The van der Waals surface area contributed by atoms with Crippen molar-refractivity contribution >= 4 is 17.0 Å². The molecule has 3 heterocycles. The van der Waals surface area contributed by atoms with Gasteiger partial charge in [-0.1, -0.05) is 5.16 Å². The van der Waals surface area contributed by atoms with Crippen LogP contribution in [-0.2, 0) is 13.5 Å². The highest BCUT2D eigenvalue weighted by atomic mass is 16.5. The van der Waals surface area contributed by atoms with Crippen LogP contribution in [0.1, 0.15) is 34.2 Å². The predicted molar refractivity (Wildman–Crippen MR) is 117 cm³/mol. The molecular formula is C23H25N5O3. The summed E-state index contributed by atoms with van der Waals surface area (Å²) in [5.74, 6) is 0.547. The van der Waals surface area contributed by atoms with Crippen molar-refractivity contribution < 1.29 is 14.1 Å². The van der Waals surface area contributed by atoms with Crippen LogP contribution in [0.25, 0.3) is 22.4 Å². The number of hydrogen-bond donors (Lipinski definition) is 1. The van der Waals surface area contributed by atoms with E-state index in [9.17, 15) is 4.79 Å². The van der Waals surface area contributed by atoms with Crippen molar-refractivity contribution in [1.82, 2.24) is 25.2 Å². The minimum absolute atomic E-state index is 0.0804. The molecule has 0 saturated heterocycles. The number of benzene rings is 1. The molecule has 1 N–H and O–H groups in total. The summed E-state index contributed by atoms with van der Waals surface area (Å²) >= 11 is 0. The Kier molecular flexibility index (Phi) is 5.46. The van der Waals surface area contributed by atoms with Crippen LogP contribution in [0, 0.1) is 13.8 Å². The third kappa shape index (κ3) is 4.14. The number of nitrogens with zero attached hydrogens (tertiary/aromatic N) is 4. The minimum atomic E-state index is -0.192. The number of methoxy groups -OCH3 is 1. The number of rotatable bonds is 6. The molecule has 0 unspecified atom stereocenters. The third-order valence-electron chi connectivity index (χ3n) is 5.20. The maximum atomic E-state index is 13.2. The molecule has 0 aliphatic rings. The lowest BCUT2D eigenvalue weighted by Crippen LogP contribution is -2.34. The highest BCUT2D eigenvalue weighted by molar-refractivity contribution is 6.09. The van der Waals surface area contributed by atoms with Gasteiger partial charge in [0.1, 0.15) is 11.4 Å². The van der Waals surface area contributed by atoms with Crippen LogP contribution in [0.5, 0.6) is 5.75 Å². The van der Waals surface area contributed by atoms with E-state index in [-0.39, 0.29) is 11.9 Å². The number of amides is 1. The molecule has 3 aromatic heterocycles. The SMILES string of the molecule is COc1ccc(-c2noc3nc(C)cc(C(=O)N[C@@H](C)Cc4cn(C)nc4C)c23)cc1. The molecule has 8 heteroatoms. The van der Waals surface area contributed by atoms with E-state index in [2.05, 4.69) is 20.6 Å². The molecule has 0 aliphatic heterocycles. The summed E-state index contributed by atoms with van der Waals surface area (Å²) in [4.78, 5) is 17.6. The molecule has 1 aromatic carbocycles. The van der Waals surface area contributed by atoms with Gasteiger partial charge in [-0.15, -0.1) is 0 Å². The smallest absolute Gasteiger partial charge is 0.259 e. The van der Waals surface area contributed by atoms with Crippen LogP contribution in [-0.4, -0.2) is 39.0 Å². The Labute approximate surface area is 180 Å². The molecule has 8 nitrogen and oxygen atoms in total. The first-order valence-electron chi connectivity index (χ1n) is 10.1. The van der Waals surface area contributed by atoms with Gasteiger partial charge in [0, 0.05) is 30.5 Å². The fourth-order valence-electron chi connectivity index (χ4n) is 3.73. The summed E-state index contributed by atoms with van der Waals surface area (Å²) in [6.07, 6.45) is 2.67. The second kappa shape index (κ2) is 8.22. The van der Waals surface area contributed by atoms with Crippen LogP contribution in [0.4, 0.5) is 0 Å². The second-order valence-corrected chi connectivity index (χ2v) is 7.74. The Balaban J connectivity index is 1.66. The number of carbonyl (C=O) groups excluding carboxylic acids is 1.